The van der Waals surface area contributed by atoms with Crippen molar-refractivity contribution in [2.45, 2.75) is 24.3 Å². The number of thioether (sulfide) groups is 1. The normalized spacial score (nSPS) is 11.5. The highest BCUT2D eigenvalue weighted by Crippen LogP contribution is 2.34. The number of anilines is 1. The first kappa shape index (κ1) is 23.1. The predicted octanol–water partition coefficient (Wildman–Crippen LogP) is 5.24. The van der Waals surface area contributed by atoms with Gasteiger partial charge in [0.2, 0.25) is 5.91 Å². The number of aromatic nitrogens is 3. The fourth-order valence-electron chi connectivity index (χ4n) is 3.41. The minimum Gasteiger partial charge on any atom is -0.496 e. The van der Waals surface area contributed by atoms with Crippen LogP contribution in [0.25, 0.3) is 17.1 Å². The average molecular weight is 470 g/mol. The van der Waals surface area contributed by atoms with Gasteiger partial charge < -0.3 is 10.1 Å². The van der Waals surface area contributed by atoms with Crippen LogP contribution >= 0.6 is 11.8 Å². The molecule has 1 aromatic heterocycles. The number of nitrogens with one attached hydrogen (secondary N) is 1. The molecule has 0 bridgehead atoms. The average Bonchev–Trinajstić information content (AvgIpc) is 3.27. The second-order valence-electron chi connectivity index (χ2n) is 7.58. The van der Waals surface area contributed by atoms with Gasteiger partial charge in [0, 0.05) is 5.69 Å². The van der Waals surface area contributed by atoms with Gasteiger partial charge >= 0.3 is 0 Å². The van der Waals surface area contributed by atoms with Gasteiger partial charge in [0.15, 0.2) is 11.0 Å². The zero-order valence-corrected chi connectivity index (χ0v) is 19.8. The Morgan fingerprint density at radius 3 is 2.50 bits per heavy atom. The lowest BCUT2D eigenvalue weighted by Crippen LogP contribution is -2.23. The summed E-state index contributed by atoms with van der Waals surface area (Å²) in [6.45, 7) is 3.82. The van der Waals surface area contributed by atoms with Gasteiger partial charge in [0.25, 0.3) is 0 Å². The molecule has 1 heterocycles. The van der Waals surface area contributed by atoms with E-state index in [4.69, 9.17) is 4.74 Å². The Morgan fingerprint density at radius 1 is 1.06 bits per heavy atom. The first-order valence-electron chi connectivity index (χ1n) is 10.6. The van der Waals surface area contributed by atoms with Gasteiger partial charge in [-0.05, 0) is 50.2 Å². The van der Waals surface area contributed by atoms with Gasteiger partial charge in [-0.15, -0.1) is 10.2 Å². The maximum Gasteiger partial charge on any atom is 0.237 e. The van der Waals surface area contributed by atoms with Crippen molar-refractivity contribution in [2.75, 3.05) is 12.4 Å². The van der Waals surface area contributed by atoms with Crippen molar-refractivity contribution in [3.63, 3.8) is 0 Å². The number of nitrogens with zero attached hydrogens (tertiary/aromatic N) is 4. The second kappa shape index (κ2) is 10.2. The van der Waals surface area contributed by atoms with E-state index >= 15 is 0 Å². The fourth-order valence-corrected chi connectivity index (χ4v) is 4.28. The summed E-state index contributed by atoms with van der Waals surface area (Å²) < 4.78 is 7.47. The van der Waals surface area contributed by atoms with E-state index in [2.05, 4.69) is 21.6 Å². The zero-order valence-electron chi connectivity index (χ0n) is 19.0. The molecule has 1 unspecified atom stereocenters. The summed E-state index contributed by atoms with van der Waals surface area (Å²) in [5.41, 5.74) is 3.70. The number of methoxy groups -OCH3 is 1. The predicted molar refractivity (Wildman–Crippen MR) is 133 cm³/mol. The van der Waals surface area contributed by atoms with Crippen LogP contribution in [-0.2, 0) is 4.79 Å². The molecule has 0 radical (unpaired) electrons. The van der Waals surface area contributed by atoms with E-state index in [1.165, 1.54) is 11.8 Å². The Balaban J connectivity index is 1.69. The van der Waals surface area contributed by atoms with Gasteiger partial charge in [-0.2, -0.15) is 5.26 Å². The summed E-state index contributed by atoms with van der Waals surface area (Å²) in [6, 6.07) is 24.7. The van der Waals surface area contributed by atoms with Crippen LogP contribution in [-0.4, -0.2) is 33.0 Å². The molecule has 4 aromatic rings. The largest absolute Gasteiger partial charge is 0.496 e. The number of carbonyl (C=O) groups is 1. The van der Waals surface area contributed by atoms with Crippen LogP contribution in [0.1, 0.15) is 18.1 Å². The highest BCUT2D eigenvalue weighted by Gasteiger charge is 2.23. The van der Waals surface area contributed by atoms with E-state index in [1.54, 1.807) is 38.3 Å². The Bertz CT molecular complexity index is 1360. The van der Waals surface area contributed by atoms with Crippen molar-refractivity contribution >= 4 is 23.4 Å². The molecule has 0 aliphatic carbocycles. The molecule has 0 aliphatic rings. The molecule has 34 heavy (non-hydrogen) atoms. The first-order valence-corrected chi connectivity index (χ1v) is 11.5. The van der Waals surface area contributed by atoms with E-state index < -0.39 is 5.25 Å². The Morgan fingerprint density at radius 2 is 1.76 bits per heavy atom. The van der Waals surface area contributed by atoms with Gasteiger partial charge in [0.05, 0.1) is 29.2 Å². The molecule has 1 atom stereocenters. The lowest BCUT2D eigenvalue weighted by Gasteiger charge is -2.15. The molecule has 3 aromatic carbocycles. The molecule has 0 saturated heterocycles. The van der Waals surface area contributed by atoms with Crippen molar-refractivity contribution in [1.29, 1.82) is 5.26 Å². The summed E-state index contributed by atoms with van der Waals surface area (Å²) in [6.07, 6.45) is 0. The van der Waals surface area contributed by atoms with Crippen LogP contribution in [0.2, 0.25) is 0 Å². The molecule has 4 rings (SSSR count). The van der Waals surface area contributed by atoms with Crippen molar-refractivity contribution in [1.82, 2.24) is 14.8 Å². The molecule has 0 aliphatic heterocycles. The summed E-state index contributed by atoms with van der Waals surface area (Å²) in [4.78, 5) is 12.9. The van der Waals surface area contributed by atoms with Crippen LogP contribution in [0, 0.1) is 18.3 Å². The van der Waals surface area contributed by atoms with Gasteiger partial charge in [-0.1, -0.05) is 53.7 Å². The van der Waals surface area contributed by atoms with Crippen LogP contribution in [0.3, 0.4) is 0 Å². The molecule has 7 nitrogen and oxygen atoms in total. The van der Waals surface area contributed by atoms with E-state index in [-0.39, 0.29) is 5.91 Å². The van der Waals surface area contributed by atoms with Gasteiger partial charge in [-0.25, -0.2) is 0 Å². The first-order chi connectivity index (χ1) is 16.5. The van der Waals surface area contributed by atoms with Gasteiger partial charge in [0.1, 0.15) is 11.8 Å². The highest BCUT2D eigenvalue weighted by molar-refractivity contribution is 8.00. The third-order valence-electron chi connectivity index (χ3n) is 5.23. The quantitative estimate of drug-likeness (QED) is 0.372. The Hall–Kier alpha value is -4.09. The molecule has 1 N–H and O–H groups in total. The molecule has 1 amide bonds. The van der Waals surface area contributed by atoms with Gasteiger partial charge in [-0.3, -0.25) is 9.36 Å². The molecule has 170 valence electrons. The number of amides is 1. The summed E-state index contributed by atoms with van der Waals surface area (Å²) in [7, 11) is 1.62. The SMILES string of the molecule is COc1ccccc1-c1nnc(SC(C)C(=O)Nc2ccccc2C#N)n1-c1ccc(C)cc1. The monoisotopic (exact) mass is 469 g/mol. The summed E-state index contributed by atoms with van der Waals surface area (Å²) in [5.74, 6) is 1.06. The minimum atomic E-state index is -0.495. The second-order valence-corrected chi connectivity index (χ2v) is 8.89. The smallest absolute Gasteiger partial charge is 0.237 e. The van der Waals surface area contributed by atoms with Crippen molar-refractivity contribution in [2.24, 2.45) is 0 Å². The summed E-state index contributed by atoms with van der Waals surface area (Å²) >= 11 is 1.29. The number of aryl methyl sites for hydroxylation is 1. The molecular formula is C26H23N5O2S. The lowest BCUT2D eigenvalue weighted by atomic mass is 10.1. The van der Waals surface area contributed by atoms with E-state index in [1.807, 2.05) is 60.0 Å². The topological polar surface area (TPSA) is 92.8 Å². The molecule has 0 spiro atoms. The number of benzene rings is 3. The standard InChI is InChI=1S/C26H23N5O2S/c1-17-12-14-20(15-13-17)31-24(21-9-5-7-11-23(21)33-3)29-30-26(31)34-18(2)25(32)28-22-10-6-4-8-19(22)16-27/h4-15,18H,1-3H3,(H,28,32). The van der Waals surface area contributed by atoms with E-state index in [9.17, 15) is 10.1 Å². The van der Waals surface area contributed by atoms with Crippen LogP contribution < -0.4 is 10.1 Å². The number of hydrogen-bond donors (Lipinski definition) is 1. The third kappa shape index (κ3) is 4.80. The third-order valence-corrected chi connectivity index (χ3v) is 6.27. The fraction of sp³-hybridized carbons (Fsp3) is 0.154. The zero-order chi connectivity index (χ0) is 24.1. The minimum absolute atomic E-state index is 0.231. The number of nitriles is 1. The Kier molecular flexibility index (Phi) is 6.95. The molecular weight excluding hydrogens is 446 g/mol. The highest BCUT2D eigenvalue weighted by atomic mass is 32.2. The number of para-hydroxylation sites is 2. The number of rotatable bonds is 7. The van der Waals surface area contributed by atoms with Crippen LogP contribution in [0.15, 0.2) is 78.0 Å². The van der Waals surface area contributed by atoms with Crippen LogP contribution in [0.4, 0.5) is 5.69 Å². The molecule has 8 heteroatoms. The number of carbonyl (C=O) groups excluding carboxylic acids is 1. The van der Waals surface area contributed by atoms with Crippen molar-refractivity contribution < 1.29 is 9.53 Å². The number of ether oxygens (including phenoxy) is 1. The van der Waals surface area contributed by atoms with Crippen molar-refractivity contribution in [3.8, 4) is 28.9 Å². The maximum atomic E-state index is 12.9. The number of hydrogen-bond acceptors (Lipinski definition) is 6. The van der Waals surface area contributed by atoms with E-state index in [0.717, 1.165) is 16.8 Å². The van der Waals surface area contributed by atoms with Crippen molar-refractivity contribution in [3.05, 3.63) is 83.9 Å². The van der Waals surface area contributed by atoms with Crippen LogP contribution in [0.5, 0.6) is 5.75 Å². The summed E-state index contributed by atoms with van der Waals surface area (Å²) in [5, 5.41) is 21.1. The van der Waals surface area contributed by atoms with E-state index in [0.29, 0.717) is 28.0 Å². The lowest BCUT2D eigenvalue weighted by molar-refractivity contribution is -0.115. The molecule has 0 fully saturated rings. The maximum absolute atomic E-state index is 12.9. The molecule has 0 saturated carbocycles. The Labute approximate surface area is 202 Å².